The molecule has 0 aliphatic carbocycles. The zero-order valence-electron chi connectivity index (χ0n) is 8.27. The highest BCUT2D eigenvalue weighted by Crippen LogP contribution is 2.16. The van der Waals surface area contributed by atoms with Gasteiger partial charge in [0, 0.05) is 0 Å². The Balaban J connectivity index is 2.27. The van der Waals surface area contributed by atoms with Crippen molar-refractivity contribution in [1.82, 2.24) is 5.27 Å². The quantitative estimate of drug-likeness (QED) is 0.737. The van der Waals surface area contributed by atoms with Crippen LogP contribution in [0.1, 0.15) is 5.56 Å². The van der Waals surface area contributed by atoms with Crippen molar-refractivity contribution in [3.63, 3.8) is 0 Å². The Hall–Kier alpha value is -2.04. The fourth-order valence-electron chi connectivity index (χ4n) is 1.38. The number of nitrogens with zero attached hydrogens (tertiary/aromatic N) is 1. The molecule has 5 nitrogen and oxygen atoms in total. The molecule has 1 aromatic carbocycles. The van der Waals surface area contributed by atoms with Crippen LogP contribution in [0.4, 0.5) is 0 Å². The first-order chi connectivity index (χ1) is 7.29. The maximum Gasteiger partial charge on any atom is 0.426 e. The molecule has 0 spiro atoms. The predicted molar refractivity (Wildman–Crippen MR) is 51.6 cm³/mol. The minimum absolute atomic E-state index is 0.398. The van der Waals surface area contributed by atoms with E-state index in [0.717, 1.165) is 11.3 Å². The molecule has 0 amide bonds. The Bertz CT molecular complexity index is 501. The smallest absolute Gasteiger partial charge is 0.426 e. The zero-order chi connectivity index (χ0) is 10.7. The fourth-order valence-corrected chi connectivity index (χ4v) is 1.38. The van der Waals surface area contributed by atoms with Gasteiger partial charge in [-0.1, -0.05) is 16.8 Å². The number of benzene rings is 1. The van der Waals surface area contributed by atoms with Crippen molar-refractivity contribution in [1.29, 1.82) is 0 Å². The van der Waals surface area contributed by atoms with Gasteiger partial charge in [-0.2, -0.15) is 0 Å². The second kappa shape index (κ2) is 4.00. The molecule has 1 N–H and O–H groups in total. The molecule has 0 radical (unpaired) electrons. The summed E-state index contributed by atoms with van der Waals surface area (Å²) in [5.74, 6) is 0.784. The van der Waals surface area contributed by atoms with Gasteiger partial charge in [0.15, 0.2) is 0 Å². The number of hydrogen-bond acceptors (Lipinski definition) is 3. The SMILES string of the molecule is COc1ccccc1C[n+]1cc(=O)o[nH]1. The van der Waals surface area contributed by atoms with Crippen LogP contribution in [0.15, 0.2) is 39.8 Å². The molecule has 5 heteroatoms. The largest absolute Gasteiger partial charge is 0.496 e. The Labute approximate surface area is 85.9 Å². The topological polar surface area (TPSA) is 59.1 Å². The van der Waals surface area contributed by atoms with Crippen LogP contribution < -0.4 is 15.0 Å². The average Bonchev–Trinajstić information content (AvgIpc) is 2.65. The van der Waals surface area contributed by atoms with Gasteiger partial charge in [0.1, 0.15) is 5.75 Å². The van der Waals surface area contributed by atoms with Crippen LogP contribution in [0.2, 0.25) is 0 Å². The van der Waals surface area contributed by atoms with E-state index >= 15 is 0 Å². The number of nitrogens with one attached hydrogen (secondary N) is 1. The third-order valence-electron chi connectivity index (χ3n) is 2.06. The van der Waals surface area contributed by atoms with E-state index in [1.807, 2.05) is 24.3 Å². The number of aromatic nitrogens is 2. The lowest BCUT2D eigenvalue weighted by atomic mass is 10.2. The summed E-state index contributed by atoms with van der Waals surface area (Å²) in [6.45, 7) is 0.510. The van der Waals surface area contributed by atoms with Gasteiger partial charge in [-0.25, -0.2) is 4.79 Å². The first-order valence-corrected chi connectivity index (χ1v) is 4.49. The van der Waals surface area contributed by atoms with E-state index in [1.54, 1.807) is 11.8 Å². The minimum Gasteiger partial charge on any atom is -0.496 e. The molecule has 0 saturated heterocycles. The standard InChI is InChI=1S/C10H10N2O3/c1-14-9-5-3-2-4-8(9)6-12-7-10(13)15-11-12/h2-5,7H,6H2,1H3/p+1. The first kappa shape index (κ1) is 9.51. The Morgan fingerprint density at radius 3 is 2.93 bits per heavy atom. The molecular formula is C10H11N2O3+. The van der Waals surface area contributed by atoms with Crippen LogP contribution in [-0.2, 0) is 6.54 Å². The van der Waals surface area contributed by atoms with Gasteiger partial charge in [0.2, 0.25) is 6.54 Å². The van der Waals surface area contributed by atoms with Gasteiger partial charge in [-0.3, -0.25) is 4.52 Å². The van der Waals surface area contributed by atoms with E-state index < -0.39 is 5.63 Å². The minimum atomic E-state index is -0.398. The van der Waals surface area contributed by atoms with Crippen molar-refractivity contribution in [3.05, 3.63) is 46.4 Å². The van der Waals surface area contributed by atoms with Gasteiger partial charge >= 0.3 is 5.63 Å². The highest BCUT2D eigenvalue weighted by atomic mass is 16.5. The lowest BCUT2D eigenvalue weighted by Crippen LogP contribution is -2.36. The molecule has 15 heavy (non-hydrogen) atoms. The molecule has 0 bridgehead atoms. The summed E-state index contributed by atoms with van der Waals surface area (Å²) in [6.07, 6.45) is 1.35. The van der Waals surface area contributed by atoms with Crippen molar-refractivity contribution in [2.75, 3.05) is 7.11 Å². The maximum absolute atomic E-state index is 10.8. The molecule has 0 fully saturated rings. The van der Waals surface area contributed by atoms with Crippen LogP contribution in [0.3, 0.4) is 0 Å². The first-order valence-electron chi connectivity index (χ1n) is 4.49. The number of rotatable bonds is 3. The van der Waals surface area contributed by atoms with E-state index in [4.69, 9.17) is 4.74 Å². The van der Waals surface area contributed by atoms with Gasteiger partial charge in [-0.05, 0) is 17.4 Å². The molecule has 0 saturated carbocycles. The molecule has 78 valence electrons. The summed E-state index contributed by atoms with van der Waals surface area (Å²) >= 11 is 0. The van der Waals surface area contributed by atoms with E-state index in [1.165, 1.54) is 6.20 Å². The summed E-state index contributed by atoms with van der Waals surface area (Å²) in [6, 6.07) is 7.60. The lowest BCUT2D eigenvalue weighted by molar-refractivity contribution is -0.754. The molecule has 0 aliphatic heterocycles. The molecule has 1 heterocycles. The summed E-state index contributed by atoms with van der Waals surface area (Å²) in [5, 5.41) is 2.48. The molecule has 0 aliphatic rings. The summed E-state index contributed by atoms with van der Waals surface area (Å²) in [7, 11) is 1.61. The van der Waals surface area contributed by atoms with Crippen molar-refractivity contribution < 1.29 is 13.9 Å². The third kappa shape index (κ3) is 2.07. The van der Waals surface area contributed by atoms with Crippen LogP contribution >= 0.6 is 0 Å². The van der Waals surface area contributed by atoms with Gasteiger partial charge in [-0.15, -0.1) is 0 Å². The number of methoxy groups -OCH3 is 1. The van der Waals surface area contributed by atoms with Crippen LogP contribution in [0.5, 0.6) is 5.75 Å². The van der Waals surface area contributed by atoms with Crippen LogP contribution in [0.25, 0.3) is 0 Å². The number of hydrogen-bond donors (Lipinski definition) is 1. The normalized spacial score (nSPS) is 10.2. The highest BCUT2D eigenvalue weighted by Gasteiger charge is 2.10. The lowest BCUT2D eigenvalue weighted by Gasteiger charge is -2.02. The summed E-state index contributed by atoms with van der Waals surface area (Å²) < 4.78 is 11.3. The van der Waals surface area contributed by atoms with E-state index in [9.17, 15) is 4.79 Å². The second-order valence-corrected chi connectivity index (χ2v) is 3.08. The highest BCUT2D eigenvalue weighted by molar-refractivity contribution is 5.32. The monoisotopic (exact) mass is 207 g/mol. The van der Waals surface area contributed by atoms with Gasteiger partial charge in [0.05, 0.1) is 12.7 Å². The summed E-state index contributed by atoms with van der Waals surface area (Å²) in [5.41, 5.74) is 0.576. The Morgan fingerprint density at radius 1 is 1.47 bits per heavy atom. The third-order valence-corrected chi connectivity index (χ3v) is 2.06. The number of H-pyrrole nitrogens is 1. The average molecular weight is 207 g/mol. The molecule has 2 rings (SSSR count). The van der Waals surface area contributed by atoms with Crippen LogP contribution in [0, 0.1) is 0 Å². The zero-order valence-corrected chi connectivity index (χ0v) is 8.27. The molecule has 2 aromatic rings. The number of para-hydroxylation sites is 1. The Kier molecular flexibility index (Phi) is 2.53. The fraction of sp³-hybridized carbons (Fsp3) is 0.200. The van der Waals surface area contributed by atoms with E-state index in [0.29, 0.717) is 6.54 Å². The van der Waals surface area contributed by atoms with E-state index in [-0.39, 0.29) is 0 Å². The molecular weight excluding hydrogens is 196 g/mol. The summed E-state index contributed by atoms with van der Waals surface area (Å²) in [4.78, 5) is 10.8. The van der Waals surface area contributed by atoms with Gasteiger partial charge in [0.25, 0.3) is 6.20 Å². The van der Waals surface area contributed by atoms with E-state index in [2.05, 4.69) is 9.79 Å². The maximum atomic E-state index is 10.8. The molecule has 1 aromatic heterocycles. The molecule has 0 unspecified atom stereocenters. The molecule has 0 atom stereocenters. The Morgan fingerprint density at radius 2 is 2.27 bits per heavy atom. The number of ether oxygens (including phenoxy) is 1. The van der Waals surface area contributed by atoms with Crippen molar-refractivity contribution in [2.24, 2.45) is 0 Å². The van der Waals surface area contributed by atoms with Crippen molar-refractivity contribution in [3.8, 4) is 5.75 Å². The van der Waals surface area contributed by atoms with Crippen molar-refractivity contribution >= 4 is 0 Å². The van der Waals surface area contributed by atoms with Crippen molar-refractivity contribution in [2.45, 2.75) is 6.54 Å². The number of aromatic amines is 1. The van der Waals surface area contributed by atoms with Gasteiger partial charge < -0.3 is 4.74 Å². The van der Waals surface area contributed by atoms with Crippen LogP contribution in [-0.4, -0.2) is 12.4 Å². The second-order valence-electron chi connectivity index (χ2n) is 3.08. The predicted octanol–water partition coefficient (Wildman–Crippen LogP) is 0.312.